The van der Waals surface area contributed by atoms with E-state index >= 15 is 0 Å². The first-order valence-electron chi connectivity index (χ1n) is 11.1. The first-order valence-corrected chi connectivity index (χ1v) is 11.1. The molecule has 0 radical (unpaired) electrons. The molecule has 0 N–H and O–H groups in total. The van der Waals surface area contributed by atoms with Crippen molar-refractivity contribution in [2.24, 2.45) is 5.41 Å². The molecule has 0 bridgehead atoms. The van der Waals surface area contributed by atoms with E-state index in [1.54, 1.807) is 4.90 Å². The maximum atomic E-state index is 12.4. The maximum absolute atomic E-state index is 12.4. The zero-order valence-corrected chi connectivity index (χ0v) is 19.5. The van der Waals surface area contributed by atoms with Gasteiger partial charge in [-0.05, 0) is 51.3 Å². The summed E-state index contributed by atoms with van der Waals surface area (Å²) in [6.45, 7) is 15.8. The van der Waals surface area contributed by atoms with Crippen molar-refractivity contribution in [3.8, 4) is 5.75 Å². The Kier molecular flexibility index (Phi) is 5.26. The molecule has 7 heteroatoms. The predicted molar refractivity (Wildman–Crippen MR) is 119 cm³/mol. The van der Waals surface area contributed by atoms with Gasteiger partial charge in [0.05, 0.1) is 0 Å². The summed E-state index contributed by atoms with van der Waals surface area (Å²) < 4.78 is 13.8. The number of amides is 1. The number of likely N-dealkylation sites (tertiary alicyclic amines) is 1. The van der Waals surface area contributed by atoms with Gasteiger partial charge >= 0.3 is 6.09 Å². The van der Waals surface area contributed by atoms with Gasteiger partial charge in [0.2, 0.25) is 0 Å². The molecule has 3 aliphatic heterocycles. The Morgan fingerprint density at radius 3 is 2.52 bits per heavy atom. The quantitative estimate of drug-likeness (QED) is 0.419. The molecule has 0 aromatic heterocycles. The molecule has 2 fully saturated rings. The van der Waals surface area contributed by atoms with Gasteiger partial charge in [0.25, 0.3) is 5.84 Å². The Labute approximate surface area is 184 Å². The van der Waals surface area contributed by atoms with Gasteiger partial charge in [0, 0.05) is 18.5 Å². The number of anilines is 1. The number of rotatable bonds is 4. The molecule has 0 spiro atoms. The van der Waals surface area contributed by atoms with Gasteiger partial charge in [-0.15, -0.1) is 0 Å². The van der Waals surface area contributed by atoms with Crippen molar-refractivity contribution in [3.05, 3.63) is 23.8 Å². The van der Waals surface area contributed by atoms with Crippen molar-refractivity contribution in [2.75, 3.05) is 37.7 Å². The minimum Gasteiger partial charge on any atom is -0.476 e. The number of carbonyl (C=O) groups excluding carboxylic acids is 2. The summed E-state index contributed by atoms with van der Waals surface area (Å²) in [7, 11) is 0. The zero-order chi connectivity index (χ0) is 22.6. The number of benzene rings is 1. The van der Waals surface area contributed by atoms with Gasteiger partial charge in [-0.3, -0.25) is 9.37 Å². The molecule has 2 saturated heterocycles. The molecule has 1 amide bonds. The molecule has 0 saturated carbocycles. The summed E-state index contributed by atoms with van der Waals surface area (Å²) in [6.07, 6.45) is 0.737. The van der Waals surface area contributed by atoms with Crippen molar-refractivity contribution >= 4 is 23.9 Å². The van der Waals surface area contributed by atoms with Crippen LogP contribution in [0.2, 0.25) is 0 Å². The lowest BCUT2D eigenvalue weighted by molar-refractivity contribution is -0.339. The molecule has 168 valence electrons. The summed E-state index contributed by atoms with van der Waals surface area (Å²) in [4.78, 5) is 27.9. The fraction of sp³-hybridized carbons (Fsp3) is 0.625. The Hall–Kier alpha value is -2.57. The van der Waals surface area contributed by atoms with E-state index in [4.69, 9.17) is 9.47 Å². The molecule has 3 aliphatic rings. The Morgan fingerprint density at radius 1 is 1.26 bits per heavy atom. The number of hydrogen-bond acceptors (Lipinski definition) is 4. The third-order valence-electron chi connectivity index (χ3n) is 6.60. The average molecular weight is 429 g/mol. The van der Waals surface area contributed by atoms with E-state index in [2.05, 4.69) is 35.5 Å². The summed E-state index contributed by atoms with van der Waals surface area (Å²) in [5, 5.41) is 0. The second-order valence-corrected chi connectivity index (χ2v) is 10.4. The molecular formula is C24H34N3O4+. The second-order valence-electron chi connectivity index (χ2n) is 10.4. The summed E-state index contributed by atoms with van der Waals surface area (Å²) in [6, 6.07) is 6.02. The average Bonchev–Trinajstić information content (AvgIpc) is 3.52. The first-order chi connectivity index (χ1) is 14.5. The van der Waals surface area contributed by atoms with Gasteiger partial charge in [0.1, 0.15) is 18.7 Å². The van der Waals surface area contributed by atoms with E-state index < -0.39 is 5.60 Å². The third-order valence-corrected chi connectivity index (χ3v) is 6.60. The standard InChI is InChI=1S/C24H34N3O4/c1-16(12-28)27-19-11-18(7-8-20(19)30-13-21(27)25-9-10-25)17(2)24(6)14-26(15-24)22(29)31-23(3,4)5/h7-8,11-12,16-17H,9-10,13-15H2,1-6H3/q+1. The monoisotopic (exact) mass is 428 g/mol. The fourth-order valence-corrected chi connectivity index (χ4v) is 4.49. The minimum atomic E-state index is -0.488. The van der Waals surface area contributed by atoms with E-state index in [0.717, 1.165) is 36.6 Å². The normalized spacial score (nSPS) is 21.5. The lowest BCUT2D eigenvalue weighted by atomic mass is 9.69. The van der Waals surface area contributed by atoms with E-state index in [-0.39, 0.29) is 23.5 Å². The second kappa shape index (κ2) is 7.53. The van der Waals surface area contributed by atoms with E-state index in [9.17, 15) is 9.59 Å². The highest BCUT2D eigenvalue weighted by Crippen LogP contribution is 2.46. The van der Waals surface area contributed by atoms with Gasteiger partial charge in [0.15, 0.2) is 30.4 Å². The number of ether oxygens (including phenoxy) is 2. The zero-order valence-electron chi connectivity index (χ0n) is 19.5. The van der Waals surface area contributed by atoms with Crippen molar-refractivity contribution < 1.29 is 23.6 Å². The Bertz CT molecular complexity index is 921. The minimum absolute atomic E-state index is 0.0334. The summed E-state index contributed by atoms with van der Waals surface area (Å²) in [5.41, 5.74) is 1.61. The smallest absolute Gasteiger partial charge is 0.410 e. The van der Waals surface area contributed by atoms with E-state index in [0.29, 0.717) is 19.7 Å². The molecule has 4 rings (SSSR count). The van der Waals surface area contributed by atoms with Crippen LogP contribution in [0.4, 0.5) is 10.5 Å². The molecule has 7 nitrogen and oxygen atoms in total. The summed E-state index contributed by atoms with van der Waals surface area (Å²) >= 11 is 0. The van der Waals surface area contributed by atoms with Crippen LogP contribution in [0.5, 0.6) is 5.75 Å². The number of amidine groups is 1. The third kappa shape index (κ3) is 4.14. The molecule has 3 heterocycles. The highest BCUT2D eigenvalue weighted by molar-refractivity contribution is 6.02. The van der Waals surface area contributed by atoms with E-state index in [1.165, 1.54) is 5.56 Å². The molecule has 2 atom stereocenters. The molecule has 0 aliphatic carbocycles. The van der Waals surface area contributed by atoms with E-state index in [1.807, 2.05) is 33.8 Å². The molecular weight excluding hydrogens is 394 g/mol. The van der Waals surface area contributed by atoms with Crippen LogP contribution in [0.15, 0.2) is 18.2 Å². The highest BCUT2D eigenvalue weighted by Gasteiger charge is 2.47. The van der Waals surface area contributed by atoms with Crippen molar-refractivity contribution in [1.82, 2.24) is 4.90 Å². The predicted octanol–water partition coefficient (Wildman–Crippen LogP) is 3.26. The number of hydrogen-bond donors (Lipinski definition) is 0. The number of carbonyl (C=O) groups is 2. The number of fused-ring (bicyclic) bond motifs is 1. The molecule has 1 aromatic carbocycles. The lowest BCUT2D eigenvalue weighted by Crippen LogP contribution is -2.59. The SMILES string of the molecule is CC(C=O)N1C(=[N+]2CC2)COc2ccc(C(C)C3(C)CN(C(=O)OC(C)(C)C)C3)cc21. The van der Waals surface area contributed by atoms with Crippen LogP contribution in [-0.4, -0.2) is 72.1 Å². The van der Waals surface area contributed by atoms with Gasteiger partial charge in [-0.25, -0.2) is 9.69 Å². The largest absolute Gasteiger partial charge is 0.476 e. The fourth-order valence-electron chi connectivity index (χ4n) is 4.49. The molecule has 2 unspecified atom stereocenters. The Morgan fingerprint density at radius 2 is 1.94 bits per heavy atom. The first kappa shape index (κ1) is 21.7. The number of aldehydes is 1. The van der Waals surface area contributed by atoms with Crippen molar-refractivity contribution in [3.63, 3.8) is 0 Å². The van der Waals surface area contributed by atoms with Crippen LogP contribution < -0.4 is 9.64 Å². The van der Waals surface area contributed by atoms with Crippen LogP contribution in [0.3, 0.4) is 0 Å². The van der Waals surface area contributed by atoms with Crippen LogP contribution in [0.1, 0.15) is 53.0 Å². The van der Waals surface area contributed by atoms with Gasteiger partial charge < -0.3 is 14.4 Å². The van der Waals surface area contributed by atoms with Gasteiger partial charge in [-0.1, -0.05) is 19.9 Å². The number of nitrogens with zero attached hydrogens (tertiary/aromatic N) is 3. The van der Waals surface area contributed by atoms with Gasteiger partial charge in [-0.2, -0.15) is 0 Å². The van der Waals surface area contributed by atoms with Crippen LogP contribution in [0, 0.1) is 5.41 Å². The van der Waals surface area contributed by atoms with Crippen molar-refractivity contribution in [1.29, 1.82) is 0 Å². The topological polar surface area (TPSA) is 62.1 Å². The highest BCUT2D eigenvalue weighted by atomic mass is 16.6. The molecule has 1 aromatic rings. The van der Waals surface area contributed by atoms with Crippen LogP contribution >= 0.6 is 0 Å². The summed E-state index contributed by atoms with van der Waals surface area (Å²) in [5.74, 6) is 2.10. The van der Waals surface area contributed by atoms with Crippen LogP contribution in [0.25, 0.3) is 0 Å². The van der Waals surface area contributed by atoms with Crippen LogP contribution in [-0.2, 0) is 9.53 Å². The van der Waals surface area contributed by atoms with Crippen molar-refractivity contribution in [2.45, 2.75) is 59.1 Å². The Balaban J connectivity index is 1.55. The lowest BCUT2D eigenvalue weighted by Gasteiger charge is -2.51. The maximum Gasteiger partial charge on any atom is 0.410 e. The molecule has 31 heavy (non-hydrogen) atoms.